The van der Waals surface area contributed by atoms with Crippen LogP contribution in [0.4, 0.5) is 4.79 Å². The molecule has 0 unspecified atom stereocenters. The molecule has 0 saturated carbocycles. The monoisotopic (exact) mass is 216 g/mol. The van der Waals surface area contributed by atoms with Gasteiger partial charge in [0.05, 0.1) is 0 Å². The van der Waals surface area contributed by atoms with Gasteiger partial charge in [0.1, 0.15) is 0 Å². The van der Waals surface area contributed by atoms with Gasteiger partial charge in [-0.15, -0.1) is 0 Å². The fourth-order valence-corrected chi connectivity index (χ4v) is 1.04. The topological polar surface area (TPSA) is 65.2 Å². The Kier molecular flexibility index (Phi) is 9.21. The molecule has 0 radical (unpaired) electrons. The summed E-state index contributed by atoms with van der Waals surface area (Å²) in [5, 5.41) is 11.9. The molecule has 0 aliphatic heterocycles. The smallest absolute Gasteiger partial charge is 0.314 e. The zero-order chi connectivity index (χ0) is 11.5. The summed E-state index contributed by atoms with van der Waals surface area (Å²) in [5.41, 5.74) is 0. The second-order valence-electron chi connectivity index (χ2n) is 3.65. The van der Waals surface area contributed by atoms with E-state index in [0.29, 0.717) is 19.1 Å². The number of hydrogen-bond acceptors (Lipinski definition) is 3. The van der Waals surface area contributed by atoms with Gasteiger partial charge in [-0.3, -0.25) is 0 Å². The summed E-state index contributed by atoms with van der Waals surface area (Å²) < 4.78 is 0. The summed E-state index contributed by atoms with van der Waals surface area (Å²) in [4.78, 5) is 11.2. The summed E-state index contributed by atoms with van der Waals surface area (Å²) in [6.07, 6.45) is 0. The second-order valence-corrected chi connectivity index (χ2v) is 3.65. The van der Waals surface area contributed by atoms with E-state index in [2.05, 4.69) is 35.1 Å². The Morgan fingerprint density at radius 3 is 2.20 bits per heavy atom. The van der Waals surface area contributed by atoms with Crippen LogP contribution in [0, 0.1) is 0 Å². The van der Waals surface area contributed by atoms with E-state index in [-0.39, 0.29) is 6.03 Å². The standard InChI is InChI=1S/C10H24N4O/c1-4-11-5-6-13-10(15)14-8-7-12-9(2)3/h9,11-12H,4-8H2,1-3H3,(H2,13,14,15). The lowest BCUT2D eigenvalue weighted by atomic mass is 10.4. The van der Waals surface area contributed by atoms with Gasteiger partial charge in [-0.25, -0.2) is 4.79 Å². The first kappa shape index (κ1) is 14.2. The Balaban J connectivity index is 3.19. The number of carbonyl (C=O) groups excluding carboxylic acids is 1. The van der Waals surface area contributed by atoms with Crippen LogP contribution >= 0.6 is 0 Å². The maximum atomic E-state index is 11.2. The minimum atomic E-state index is -0.0986. The molecule has 0 aromatic carbocycles. The molecule has 0 heterocycles. The molecule has 0 saturated heterocycles. The second kappa shape index (κ2) is 9.73. The third kappa shape index (κ3) is 11.1. The fraction of sp³-hybridized carbons (Fsp3) is 0.900. The predicted molar refractivity (Wildman–Crippen MR) is 63.1 cm³/mol. The van der Waals surface area contributed by atoms with Crippen molar-refractivity contribution in [1.82, 2.24) is 21.3 Å². The molecule has 4 N–H and O–H groups in total. The molecular formula is C10H24N4O. The number of amides is 2. The summed E-state index contributed by atoms with van der Waals surface area (Å²) >= 11 is 0. The molecular weight excluding hydrogens is 192 g/mol. The van der Waals surface area contributed by atoms with Crippen LogP contribution in [0.2, 0.25) is 0 Å². The third-order valence-corrected chi connectivity index (χ3v) is 1.80. The maximum Gasteiger partial charge on any atom is 0.314 e. The van der Waals surface area contributed by atoms with Crippen LogP contribution in [0.3, 0.4) is 0 Å². The first-order valence-electron chi connectivity index (χ1n) is 5.62. The van der Waals surface area contributed by atoms with Gasteiger partial charge < -0.3 is 21.3 Å². The highest BCUT2D eigenvalue weighted by Crippen LogP contribution is 1.73. The Morgan fingerprint density at radius 2 is 1.67 bits per heavy atom. The molecule has 0 bridgehead atoms. The Hall–Kier alpha value is -0.810. The van der Waals surface area contributed by atoms with E-state index < -0.39 is 0 Å². The van der Waals surface area contributed by atoms with Crippen LogP contribution in [0.5, 0.6) is 0 Å². The molecule has 0 atom stereocenters. The van der Waals surface area contributed by atoms with E-state index in [1.54, 1.807) is 0 Å². The molecule has 0 rings (SSSR count). The highest BCUT2D eigenvalue weighted by Gasteiger charge is 1.97. The highest BCUT2D eigenvalue weighted by molar-refractivity contribution is 5.73. The average molecular weight is 216 g/mol. The first-order chi connectivity index (χ1) is 7.16. The summed E-state index contributed by atoms with van der Waals surface area (Å²) in [6, 6.07) is 0.363. The van der Waals surface area contributed by atoms with Gasteiger partial charge in [-0.2, -0.15) is 0 Å². The van der Waals surface area contributed by atoms with Crippen LogP contribution in [-0.4, -0.2) is 44.8 Å². The van der Waals surface area contributed by atoms with Gasteiger partial charge in [0, 0.05) is 32.2 Å². The van der Waals surface area contributed by atoms with Crippen LogP contribution in [0.25, 0.3) is 0 Å². The Bertz CT molecular complexity index is 162. The molecule has 90 valence electrons. The van der Waals surface area contributed by atoms with Crippen LogP contribution in [0.1, 0.15) is 20.8 Å². The molecule has 0 aromatic heterocycles. The molecule has 2 amide bonds. The lowest BCUT2D eigenvalue weighted by molar-refractivity contribution is 0.241. The summed E-state index contributed by atoms with van der Waals surface area (Å²) in [5.74, 6) is 0. The largest absolute Gasteiger partial charge is 0.337 e. The number of likely N-dealkylation sites (N-methyl/N-ethyl adjacent to an activating group) is 1. The summed E-state index contributed by atoms with van der Waals surface area (Å²) in [7, 11) is 0. The van der Waals surface area contributed by atoms with E-state index in [1.165, 1.54) is 0 Å². The molecule has 5 heteroatoms. The van der Waals surface area contributed by atoms with Gasteiger partial charge in [-0.05, 0) is 6.54 Å². The van der Waals surface area contributed by atoms with Crippen LogP contribution in [-0.2, 0) is 0 Å². The van der Waals surface area contributed by atoms with E-state index in [9.17, 15) is 4.79 Å². The van der Waals surface area contributed by atoms with Crippen molar-refractivity contribution in [3.05, 3.63) is 0 Å². The summed E-state index contributed by atoms with van der Waals surface area (Å²) in [6.45, 7) is 10.1. The van der Waals surface area contributed by atoms with Crippen molar-refractivity contribution < 1.29 is 4.79 Å². The van der Waals surface area contributed by atoms with Crippen molar-refractivity contribution in [3.63, 3.8) is 0 Å². The fourth-order valence-electron chi connectivity index (χ4n) is 1.04. The third-order valence-electron chi connectivity index (χ3n) is 1.80. The number of nitrogens with one attached hydrogen (secondary N) is 4. The Morgan fingerprint density at radius 1 is 1.07 bits per heavy atom. The number of hydrogen-bond donors (Lipinski definition) is 4. The first-order valence-corrected chi connectivity index (χ1v) is 5.62. The van der Waals surface area contributed by atoms with Crippen molar-refractivity contribution in [2.45, 2.75) is 26.8 Å². The molecule has 0 spiro atoms. The van der Waals surface area contributed by atoms with Crippen molar-refractivity contribution in [3.8, 4) is 0 Å². The zero-order valence-electron chi connectivity index (χ0n) is 10.0. The van der Waals surface area contributed by atoms with E-state index >= 15 is 0 Å². The normalized spacial score (nSPS) is 10.4. The van der Waals surface area contributed by atoms with Crippen LogP contribution in [0.15, 0.2) is 0 Å². The van der Waals surface area contributed by atoms with Crippen molar-refractivity contribution in [2.75, 3.05) is 32.7 Å². The lowest BCUT2D eigenvalue weighted by Crippen LogP contribution is -2.42. The van der Waals surface area contributed by atoms with Gasteiger partial charge in [-0.1, -0.05) is 20.8 Å². The number of rotatable bonds is 8. The average Bonchev–Trinajstić information content (AvgIpc) is 2.19. The van der Waals surface area contributed by atoms with Gasteiger partial charge in [0.25, 0.3) is 0 Å². The molecule has 5 nitrogen and oxygen atoms in total. The minimum Gasteiger partial charge on any atom is -0.337 e. The number of urea groups is 1. The molecule has 0 fully saturated rings. The van der Waals surface area contributed by atoms with Gasteiger partial charge >= 0.3 is 6.03 Å². The van der Waals surface area contributed by atoms with Crippen LogP contribution < -0.4 is 21.3 Å². The van der Waals surface area contributed by atoms with Gasteiger partial charge in [0.15, 0.2) is 0 Å². The molecule has 0 aliphatic carbocycles. The van der Waals surface area contributed by atoms with E-state index in [0.717, 1.165) is 19.6 Å². The minimum absolute atomic E-state index is 0.0986. The molecule has 0 aromatic rings. The van der Waals surface area contributed by atoms with Crippen molar-refractivity contribution in [1.29, 1.82) is 0 Å². The molecule has 0 aliphatic rings. The molecule has 15 heavy (non-hydrogen) atoms. The predicted octanol–water partition coefficient (Wildman–Crippen LogP) is -0.107. The highest BCUT2D eigenvalue weighted by atomic mass is 16.2. The quantitative estimate of drug-likeness (QED) is 0.428. The van der Waals surface area contributed by atoms with E-state index in [4.69, 9.17) is 0 Å². The van der Waals surface area contributed by atoms with Crippen molar-refractivity contribution >= 4 is 6.03 Å². The zero-order valence-corrected chi connectivity index (χ0v) is 10.0. The maximum absolute atomic E-state index is 11.2. The van der Waals surface area contributed by atoms with Gasteiger partial charge in [0.2, 0.25) is 0 Å². The van der Waals surface area contributed by atoms with E-state index in [1.807, 2.05) is 6.92 Å². The SMILES string of the molecule is CCNCCNC(=O)NCCNC(C)C. The van der Waals surface area contributed by atoms with Crippen molar-refractivity contribution in [2.24, 2.45) is 0 Å². The lowest BCUT2D eigenvalue weighted by Gasteiger charge is -2.10. The Labute approximate surface area is 92.4 Å². The number of carbonyl (C=O) groups is 1.